The van der Waals surface area contributed by atoms with Crippen molar-refractivity contribution in [3.63, 3.8) is 0 Å². The average molecular weight is 281 g/mol. The summed E-state index contributed by atoms with van der Waals surface area (Å²) in [6.45, 7) is 9.67. The molecule has 0 aromatic rings. The van der Waals surface area contributed by atoms with Gasteiger partial charge in [-0.2, -0.15) is 0 Å². The Morgan fingerprint density at radius 1 is 1.00 bits per heavy atom. The molecule has 2 fully saturated rings. The number of nitrogens with two attached hydrogens (primary N) is 1. The van der Waals surface area contributed by atoms with Gasteiger partial charge in [0.2, 0.25) is 0 Å². The summed E-state index contributed by atoms with van der Waals surface area (Å²) in [6, 6.07) is 0.887. The van der Waals surface area contributed by atoms with Gasteiger partial charge < -0.3 is 10.6 Å². The Bertz CT molecular complexity index is 257. The smallest absolute Gasteiger partial charge is 0.0112 e. The highest BCUT2D eigenvalue weighted by Crippen LogP contribution is 2.30. The van der Waals surface area contributed by atoms with Crippen LogP contribution in [0.4, 0.5) is 0 Å². The second-order valence-corrected chi connectivity index (χ2v) is 6.82. The third-order valence-corrected chi connectivity index (χ3v) is 5.40. The summed E-state index contributed by atoms with van der Waals surface area (Å²) in [4.78, 5) is 5.47. The summed E-state index contributed by atoms with van der Waals surface area (Å²) in [7, 11) is 0. The fraction of sp³-hybridized carbons (Fsp3) is 1.00. The van der Waals surface area contributed by atoms with Crippen LogP contribution >= 0.6 is 0 Å². The lowest BCUT2D eigenvalue weighted by Gasteiger charge is -2.36. The second kappa shape index (κ2) is 9.01. The number of nitrogens with zero attached hydrogens (tertiary/aromatic N) is 2. The molecule has 2 aliphatic rings. The van der Waals surface area contributed by atoms with Gasteiger partial charge in [-0.25, -0.2) is 0 Å². The molecule has 0 aromatic carbocycles. The zero-order chi connectivity index (χ0) is 14.2. The Kier molecular flexibility index (Phi) is 7.32. The Labute approximate surface area is 125 Å². The van der Waals surface area contributed by atoms with Crippen LogP contribution in [-0.4, -0.2) is 55.1 Å². The van der Waals surface area contributed by atoms with Crippen LogP contribution in [0.25, 0.3) is 0 Å². The quantitative estimate of drug-likeness (QED) is 0.760. The topological polar surface area (TPSA) is 32.5 Å². The van der Waals surface area contributed by atoms with E-state index < -0.39 is 0 Å². The molecule has 2 unspecified atom stereocenters. The molecule has 2 N–H and O–H groups in total. The monoisotopic (exact) mass is 281 g/mol. The van der Waals surface area contributed by atoms with Crippen molar-refractivity contribution in [2.75, 3.05) is 39.3 Å². The molecule has 1 aliphatic carbocycles. The Morgan fingerprint density at radius 3 is 2.70 bits per heavy atom. The van der Waals surface area contributed by atoms with E-state index in [1.165, 1.54) is 84.1 Å². The lowest BCUT2D eigenvalue weighted by molar-refractivity contribution is 0.131. The van der Waals surface area contributed by atoms with Crippen LogP contribution in [0, 0.1) is 5.92 Å². The number of hydrogen-bond donors (Lipinski definition) is 1. The highest BCUT2D eigenvalue weighted by Gasteiger charge is 2.27. The zero-order valence-corrected chi connectivity index (χ0v) is 13.5. The first-order valence-electron chi connectivity index (χ1n) is 9.00. The van der Waals surface area contributed by atoms with Crippen LogP contribution in [0.15, 0.2) is 0 Å². The van der Waals surface area contributed by atoms with Crippen LogP contribution in [0.5, 0.6) is 0 Å². The van der Waals surface area contributed by atoms with Crippen molar-refractivity contribution in [1.29, 1.82) is 0 Å². The maximum Gasteiger partial charge on any atom is 0.0112 e. The molecule has 1 saturated heterocycles. The van der Waals surface area contributed by atoms with E-state index in [0.29, 0.717) is 0 Å². The minimum atomic E-state index is 0.848. The van der Waals surface area contributed by atoms with Gasteiger partial charge in [-0.05, 0) is 64.2 Å². The van der Waals surface area contributed by atoms with Crippen molar-refractivity contribution < 1.29 is 0 Å². The fourth-order valence-electron chi connectivity index (χ4n) is 4.02. The van der Waals surface area contributed by atoms with Crippen molar-refractivity contribution in [3.8, 4) is 0 Å². The lowest BCUT2D eigenvalue weighted by atomic mass is 9.83. The standard InChI is InChI=1S/C17H35N3/c1-2-16-7-5-8-17(15-16)20-12-6-11-19(13-14-20)10-4-3-9-18/h16-17H,2-15,18H2,1H3. The van der Waals surface area contributed by atoms with Crippen LogP contribution in [-0.2, 0) is 0 Å². The first-order valence-corrected chi connectivity index (χ1v) is 9.00. The number of hydrogen-bond acceptors (Lipinski definition) is 3. The molecule has 0 aromatic heterocycles. The largest absolute Gasteiger partial charge is 0.330 e. The van der Waals surface area contributed by atoms with Crippen molar-refractivity contribution in [2.45, 2.75) is 64.3 Å². The fourth-order valence-corrected chi connectivity index (χ4v) is 4.02. The van der Waals surface area contributed by atoms with Gasteiger partial charge in [-0.1, -0.05) is 26.2 Å². The Hall–Kier alpha value is -0.120. The predicted octanol–water partition coefficient (Wildman–Crippen LogP) is 2.70. The third-order valence-electron chi connectivity index (χ3n) is 5.40. The van der Waals surface area contributed by atoms with Gasteiger partial charge in [-0.3, -0.25) is 4.90 Å². The lowest BCUT2D eigenvalue weighted by Crippen LogP contribution is -2.41. The molecular formula is C17H35N3. The van der Waals surface area contributed by atoms with Crippen LogP contribution in [0.1, 0.15) is 58.3 Å². The maximum atomic E-state index is 5.59. The normalized spacial score (nSPS) is 30.3. The first kappa shape index (κ1) is 16.3. The molecule has 0 spiro atoms. The highest BCUT2D eigenvalue weighted by atomic mass is 15.2. The van der Waals surface area contributed by atoms with E-state index in [1.54, 1.807) is 0 Å². The molecule has 1 aliphatic heterocycles. The van der Waals surface area contributed by atoms with Gasteiger partial charge in [0.15, 0.2) is 0 Å². The Balaban J connectivity index is 1.74. The van der Waals surface area contributed by atoms with Gasteiger partial charge >= 0.3 is 0 Å². The molecule has 3 nitrogen and oxygen atoms in total. The minimum Gasteiger partial charge on any atom is -0.330 e. The second-order valence-electron chi connectivity index (χ2n) is 6.82. The van der Waals surface area contributed by atoms with Gasteiger partial charge in [-0.15, -0.1) is 0 Å². The van der Waals surface area contributed by atoms with E-state index in [0.717, 1.165) is 18.5 Å². The summed E-state index contributed by atoms with van der Waals surface area (Å²) in [6.07, 6.45) is 11.0. The molecule has 20 heavy (non-hydrogen) atoms. The average Bonchev–Trinajstić information content (AvgIpc) is 2.73. The predicted molar refractivity (Wildman–Crippen MR) is 87.0 cm³/mol. The summed E-state index contributed by atoms with van der Waals surface area (Å²) in [5.41, 5.74) is 5.59. The van der Waals surface area contributed by atoms with E-state index in [1.807, 2.05) is 0 Å². The molecule has 1 heterocycles. The summed E-state index contributed by atoms with van der Waals surface area (Å²) in [5, 5.41) is 0. The third kappa shape index (κ3) is 5.01. The van der Waals surface area contributed by atoms with Crippen molar-refractivity contribution in [2.24, 2.45) is 11.7 Å². The molecule has 0 amide bonds. The van der Waals surface area contributed by atoms with Crippen LogP contribution in [0.2, 0.25) is 0 Å². The summed E-state index contributed by atoms with van der Waals surface area (Å²) in [5.74, 6) is 0.998. The van der Waals surface area contributed by atoms with Crippen molar-refractivity contribution >= 4 is 0 Å². The summed E-state index contributed by atoms with van der Waals surface area (Å²) < 4.78 is 0. The van der Waals surface area contributed by atoms with E-state index in [9.17, 15) is 0 Å². The van der Waals surface area contributed by atoms with Gasteiger partial charge in [0, 0.05) is 19.1 Å². The minimum absolute atomic E-state index is 0.848. The van der Waals surface area contributed by atoms with E-state index in [4.69, 9.17) is 5.73 Å². The van der Waals surface area contributed by atoms with E-state index in [-0.39, 0.29) is 0 Å². The van der Waals surface area contributed by atoms with Gasteiger partial charge in [0.05, 0.1) is 0 Å². The molecule has 0 radical (unpaired) electrons. The maximum absolute atomic E-state index is 5.59. The van der Waals surface area contributed by atoms with Gasteiger partial charge in [0.1, 0.15) is 0 Å². The summed E-state index contributed by atoms with van der Waals surface area (Å²) >= 11 is 0. The van der Waals surface area contributed by atoms with Crippen molar-refractivity contribution in [3.05, 3.63) is 0 Å². The number of unbranched alkanes of at least 4 members (excludes halogenated alkanes) is 1. The molecule has 3 heteroatoms. The van der Waals surface area contributed by atoms with E-state index in [2.05, 4.69) is 16.7 Å². The molecule has 2 atom stereocenters. The van der Waals surface area contributed by atoms with Gasteiger partial charge in [0.25, 0.3) is 0 Å². The highest BCUT2D eigenvalue weighted by molar-refractivity contribution is 4.82. The van der Waals surface area contributed by atoms with E-state index >= 15 is 0 Å². The molecule has 118 valence electrons. The number of rotatable bonds is 6. The van der Waals surface area contributed by atoms with Crippen LogP contribution < -0.4 is 5.73 Å². The SMILES string of the molecule is CCC1CCCC(N2CCCN(CCCCN)CC2)C1. The molecule has 1 saturated carbocycles. The van der Waals surface area contributed by atoms with Crippen LogP contribution in [0.3, 0.4) is 0 Å². The Morgan fingerprint density at radius 2 is 1.90 bits per heavy atom. The molecule has 2 rings (SSSR count). The zero-order valence-electron chi connectivity index (χ0n) is 13.5. The first-order chi connectivity index (χ1) is 9.83. The van der Waals surface area contributed by atoms with Crippen molar-refractivity contribution in [1.82, 2.24) is 9.80 Å². The molecular weight excluding hydrogens is 246 g/mol. The molecule has 0 bridgehead atoms.